The minimum Gasteiger partial charge on any atom is -0.392 e. The normalized spacial score (nSPS) is 18.6. The van der Waals surface area contributed by atoms with Crippen LogP contribution >= 0.6 is 24.8 Å². The second-order valence-corrected chi connectivity index (χ2v) is 6.47. The number of aromatic nitrogens is 2. The fraction of sp³-hybridized carbons (Fsp3) is 0.263. The summed E-state index contributed by atoms with van der Waals surface area (Å²) in [5, 5.41) is 15.4. The second kappa shape index (κ2) is 8.71. The van der Waals surface area contributed by atoms with Gasteiger partial charge >= 0.3 is 0 Å². The first-order valence-corrected chi connectivity index (χ1v) is 8.37. The molecule has 2 unspecified atom stereocenters. The van der Waals surface area contributed by atoms with Gasteiger partial charge in [-0.05, 0) is 37.1 Å². The van der Waals surface area contributed by atoms with Gasteiger partial charge in [0.15, 0.2) is 0 Å². The average Bonchev–Trinajstić information content (AvgIpc) is 3.23. The zero-order valence-electron chi connectivity index (χ0n) is 14.8. The van der Waals surface area contributed by atoms with E-state index in [9.17, 15) is 9.90 Å². The second-order valence-electron chi connectivity index (χ2n) is 6.47. The summed E-state index contributed by atoms with van der Waals surface area (Å²) < 4.78 is 2.01. The zero-order valence-corrected chi connectivity index (χ0v) is 16.4. The minimum atomic E-state index is -0.448. The molecule has 1 aliphatic heterocycles. The van der Waals surface area contributed by atoms with E-state index in [0.717, 1.165) is 28.2 Å². The Morgan fingerprint density at radius 3 is 2.63 bits per heavy atom. The topological polar surface area (TPSA) is 78.7 Å². The lowest BCUT2D eigenvalue weighted by Crippen LogP contribution is -2.35. The highest BCUT2D eigenvalue weighted by atomic mass is 35.5. The molecule has 1 aliphatic rings. The van der Waals surface area contributed by atoms with E-state index in [2.05, 4.69) is 15.6 Å². The lowest BCUT2D eigenvalue weighted by atomic mass is 10.1. The van der Waals surface area contributed by atoms with Gasteiger partial charge in [0.2, 0.25) is 5.91 Å². The number of hydrogen-bond acceptors (Lipinski definition) is 4. The summed E-state index contributed by atoms with van der Waals surface area (Å²) >= 11 is 0. The van der Waals surface area contributed by atoms with Crippen LogP contribution in [0.3, 0.4) is 0 Å². The van der Waals surface area contributed by atoms with Gasteiger partial charge in [-0.15, -0.1) is 24.8 Å². The van der Waals surface area contributed by atoms with Gasteiger partial charge in [-0.2, -0.15) is 0 Å². The molecule has 0 radical (unpaired) electrons. The van der Waals surface area contributed by atoms with Crippen molar-refractivity contribution in [2.24, 2.45) is 0 Å². The fourth-order valence-electron chi connectivity index (χ4n) is 3.16. The number of nitrogens with one attached hydrogen (secondary N) is 2. The third-order valence-electron chi connectivity index (χ3n) is 4.55. The summed E-state index contributed by atoms with van der Waals surface area (Å²) in [7, 11) is 0. The Balaban J connectivity index is 0.00000131. The number of fused-ring (bicyclic) bond motifs is 1. The number of aliphatic hydroxyl groups is 1. The lowest BCUT2D eigenvalue weighted by Gasteiger charge is -2.11. The number of carbonyl (C=O) groups excluding carboxylic acids is 1. The molecule has 3 N–H and O–H groups in total. The molecular formula is C19H22Cl2N4O2. The SMILES string of the molecule is Cc1cccn2cc(-c3ccc(NC(=O)C4CC(O)CN4)cc3)nc12.Cl.Cl. The van der Waals surface area contributed by atoms with Crippen molar-refractivity contribution in [2.75, 3.05) is 11.9 Å². The number of anilines is 1. The van der Waals surface area contributed by atoms with Crippen LogP contribution in [0.1, 0.15) is 12.0 Å². The molecule has 1 amide bonds. The summed E-state index contributed by atoms with van der Waals surface area (Å²) in [6.07, 6.45) is 3.98. The van der Waals surface area contributed by atoms with E-state index in [1.54, 1.807) is 0 Å². The summed E-state index contributed by atoms with van der Waals surface area (Å²) in [4.78, 5) is 16.9. The standard InChI is InChI=1S/C19H20N4O2.2ClH/c1-12-3-2-8-23-11-17(22-18(12)23)13-4-6-14(7-5-13)21-19(25)16-9-15(24)10-20-16;;/h2-8,11,15-16,20,24H,9-10H2,1H3,(H,21,25);2*1H. The van der Waals surface area contributed by atoms with E-state index < -0.39 is 6.10 Å². The van der Waals surface area contributed by atoms with Gasteiger partial charge in [-0.1, -0.05) is 18.2 Å². The van der Waals surface area contributed by atoms with Crippen molar-refractivity contribution in [3.05, 3.63) is 54.4 Å². The largest absolute Gasteiger partial charge is 0.392 e. The van der Waals surface area contributed by atoms with Crippen LogP contribution < -0.4 is 10.6 Å². The third kappa shape index (κ3) is 4.42. The number of amides is 1. The zero-order chi connectivity index (χ0) is 17.4. The van der Waals surface area contributed by atoms with Gasteiger partial charge in [-0.3, -0.25) is 4.79 Å². The van der Waals surface area contributed by atoms with Crippen LogP contribution in [0.5, 0.6) is 0 Å². The number of nitrogens with zero attached hydrogens (tertiary/aromatic N) is 2. The Bertz CT molecular complexity index is 927. The van der Waals surface area contributed by atoms with Crippen molar-refractivity contribution in [1.29, 1.82) is 0 Å². The molecule has 0 bridgehead atoms. The highest BCUT2D eigenvalue weighted by Crippen LogP contribution is 2.22. The van der Waals surface area contributed by atoms with Crippen molar-refractivity contribution < 1.29 is 9.90 Å². The molecule has 2 aromatic heterocycles. The molecular weight excluding hydrogens is 387 g/mol. The maximum absolute atomic E-state index is 12.2. The molecule has 0 spiro atoms. The number of pyridine rings is 1. The number of halogens is 2. The first kappa shape index (κ1) is 21.2. The van der Waals surface area contributed by atoms with Gasteiger partial charge in [0, 0.05) is 30.2 Å². The molecule has 1 fully saturated rings. The Morgan fingerprint density at radius 2 is 2.00 bits per heavy atom. The number of rotatable bonds is 3. The molecule has 4 rings (SSSR count). The molecule has 3 heterocycles. The first-order chi connectivity index (χ1) is 12.1. The summed E-state index contributed by atoms with van der Waals surface area (Å²) in [6, 6.07) is 11.3. The molecule has 144 valence electrons. The van der Waals surface area contributed by atoms with Crippen molar-refractivity contribution in [3.8, 4) is 11.3 Å². The van der Waals surface area contributed by atoms with Gasteiger partial charge < -0.3 is 20.1 Å². The van der Waals surface area contributed by atoms with Crippen LogP contribution in [0.15, 0.2) is 48.8 Å². The molecule has 0 aliphatic carbocycles. The van der Waals surface area contributed by atoms with E-state index in [1.165, 1.54) is 0 Å². The van der Waals surface area contributed by atoms with Crippen molar-refractivity contribution in [2.45, 2.75) is 25.5 Å². The van der Waals surface area contributed by atoms with Crippen LogP contribution in [0.25, 0.3) is 16.9 Å². The van der Waals surface area contributed by atoms with E-state index in [4.69, 9.17) is 0 Å². The van der Waals surface area contributed by atoms with E-state index in [-0.39, 0.29) is 36.8 Å². The highest BCUT2D eigenvalue weighted by molar-refractivity contribution is 5.95. The smallest absolute Gasteiger partial charge is 0.241 e. The number of imidazole rings is 1. The predicted molar refractivity (Wildman–Crippen MR) is 111 cm³/mol. The molecule has 3 aromatic rings. The molecule has 2 atom stereocenters. The molecule has 0 saturated carbocycles. The Morgan fingerprint density at radius 1 is 1.26 bits per heavy atom. The van der Waals surface area contributed by atoms with Crippen LogP contribution in [0.2, 0.25) is 0 Å². The molecule has 8 heteroatoms. The molecule has 1 aromatic carbocycles. The Hall–Kier alpha value is -2.12. The first-order valence-electron chi connectivity index (χ1n) is 8.37. The van der Waals surface area contributed by atoms with Crippen molar-refractivity contribution >= 4 is 42.1 Å². The van der Waals surface area contributed by atoms with E-state index in [1.807, 2.05) is 60.1 Å². The summed E-state index contributed by atoms with van der Waals surface area (Å²) in [5.41, 5.74) is 4.70. The van der Waals surface area contributed by atoms with Gasteiger partial charge in [0.25, 0.3) is 0 Å². The van der Waals surface area contributed by atoms with Crippen molar-refractivity contribution in [1.82, 2.24) is 14.7 Å². The number of aliphatic hydroxyl groups excluding tert-OH is 1. The number of aryl methyl sites for hydroxylation is 1. The van der Waals surface area contributed by atoms with E-state index >= 15 is 0 Å². The monoisotopic (exact) mass is 408 g/mol. The number of β-amino-alcohol motifs (C(OH)–C–C–N with tert-alkyl or cyclic N) is 1. The van der Waals surface area contributed by atoms with Crippen LogP contribution in [0.4, 0.5) is 5.69 Å². The van der Waals surface area contributed by atoms with Crippen LogP contribution in [-0.2, 0) is 4.79 Å². The number of carbonyl (C=O) groups is 1. The summed E-state index contributed by atoms with van der Waals surface area (Å²) in [6.45, 7) is 2.50. The Labute approximate surface area is 169 Å². The maximum Gasteiger partial charge on any atom is 0.241 e. The molecule has 1 saturated heterocycles. The van der Waals surface area contributed by atoms with Gasteiger partial charge in [0.05, 0.1) is 17.8 Å². The molecule has 6 nitrogen and oxygen atoms in total. The van der Waals surface area contributed by atoms with Crippen LogP contribution in [-0.4, -0.2) is 39.1 Å². The Kier molecular flexibility index (Phi) is 6.84. The minimum absolute atomic E-state index is 0. The lowest BCUT2D eigenvalue weighted by molar-refractivity contribution is -0.117. The fourth-order valence-corrected chi connectivity index (χ4v) is 3.16. The van der Waals surface area contributed by atoms with Crippen molar-refractivity contribution in [3.63, 3.8) is 0 Å². The average molecular weight is 409 g/mol. The van der Waals surface area contributed by atoms with Crippen LogP contribution in [0, 0.1) is 6.92 Å². The predicted octanol–water partition coefficient (Wildman–Crippen LogP) is 2.81. The molecule has 27 heavy (non-hydrogen) atoms. The third-order valence-corrected chi connectivity index (χ3v) is 4.55. The summed E-state index contributed by atoms with van der Waals surface area (Å²) in [5.74, 6) is -0.118. The quantitative estimate of drug-likeness (QED) is 0.622. The van der Waals surface area contributed by atoms with Gasteiger partial charge in [0.1, 0.15) is 5.65 Å². The maximum atomic E-state index is 12.2. The highest BCUT2D eigenvalue weighted by Gasteiger charge is 2.27. The number of benzene rings is 1. The van der Waals surface area contributed by atoms with E-state index in [0.29, 0.717) is 13.0 Å². The van der Waals surface area contributed by atoms with Gasteiger partial charge in [-0.25, -0.2) is 4.98 Å². The number of hydrogen-bond donors (Lipinski definition) is 3.